The molecule has 2 rings (SSSR count). The van der Waals surface area contributed by atoms with Crippen LogP contribution in [0, 0.1) is 0 Å². The summed E-state index contributed by atoms with van der Waals surface area (Å²) in [6.07, 6.45) is 1.22. The second-order valence-electron chi connectivity index (χ2n) is 2.74. The van der Waals surface area contributed by atoms with Gasteiger partial charge in [-0.2, -0.15) is 0 Å². The molecule has 6 heteroatoms. The second-order valence-corrected chi connectivity index (χ2v) is 2.74. The van der Waals surface area contributed by atoms with E-state index in [0.29, 0.717) is 16.9 Å². The van der Waals surface area contributed by atoms with Gasteiger partial charge in [0.05, 0.1) is 0 Å². The number of rotatable bonds is 2. The molecule has 1 aromatic carbocycles. The van der Waals surface area contributed by atoms with Crippen LogP contribution in [0.25, 0.3) is 11.5 Å². The minimum absolute atomic E-state index is 0.354. The van der Waals surface area contributed by atoms with Gasteiger partial charge in [0.25, 0.3) is 0 Å². The average molecular weight is 190 g/mol. The van der Waals surface area contributed by atoms with Crippen molar-refractivity contribution in [3.8, 4) is 11.5 Å². The first kappa shape index (κ1) is 8.92. The molecular formula is C8H7BN2O3. The van der Waals surface area contributed by atoms with Gasteiger partial charge in [-0.15, -0.1) is 10.2 Å². The van der Waals surface area contributed by atoms with E-state index in [1.807, 2.05) is 0 Å². The van der Waals surface area contributed by atoms with Crippen LogP contribution in [0.1, 0.15) is 0 Å². The highest BCUT2D eigenvalue weighted by molar-refractivity contribution is 6.58. The van der Waals surface area contributed by atoms with Crippen LogP contribution in [0.3, 0.4) is 0 Å². The molecule has 0 aliphatic carbocycles. The molecule has 2 aromatic rings. The number of hydrogen-bond acceptors (Lipinski definition) is 5. The van der Waals surface area contributed by atoms with Crippen LogP contribution in [-0.2, 0) is 0 Å². The van der Waals surface area contributed by atoms with E-state index >= 15 is 0 Å². The Labute approximate surface area is 80.2 Å². The standard InChI is InChI=1S/C8H7BN2O3/c12-9(13)7-3-1-2-6(4-7)8-11-10-5-14-8/h1-5,12-13H. The average Bonchev–Trinajstić information content (AvgIpc) is 2.71. The van der Waals surface area contributed by atoms with E-state index in [-0.39, 0.29) is 0 Å². The molecular weight excluding hydrogens is 183 g/mol. The fourth-order valence-electron chi connectivity index (χ4n) is 1.13. The largest absolute Gasteiger partial charge is 0.488 e. The maximum atomic E-state index is 8.93. The molecule has 0 aliphatic heterocycles. The molecule has 0 unspecified atom stereocenters. The lowest BCUT2D eigenvalue weighted by atomic mass is 9.80. The van der Waals surface area contributed by atoms with Crippen molar-refractivity contribution in [1.82, 2.24) is 10.2 Å². The van der Waals surface area contributed by atoms with Gasteiger partial charge >= 0.3 is 7.12 Å². The minimum atomic E-state index is -1.49. The van der Waals surface area contributed by atoms with E-state index in [9.17, 15) is 0 Å². The Morgan fingerprint density at radius 1 is 1.29 bits per heavy atom. The van der Waals surface area contributed by atoms with Gasteiger partial charge in [-0.25, -0.2) is 0 Å². The van der Waals surface area contributed by atoms with Gasteiger partial charge in [-0.3, -0.25) is 0 Å². The fraction of sp³-hybridized carbons (Fsp3) is 0. The molecule has 1 aromatic heterocycles. The zero-order valence-corrected chi connectivity index (χ0v) is 7.16. The van der Waals surface area contributed by atoms with Crippen LogP contribution in [0.15, 0.2) is 35.1 Å². The molecule has 0 aliphatic rings. The molecule has 0 saturated carbocycles. The van der Waals surface area contributed by atoms with E-state index < -0.39 is 7.12 Å². The summed E-state index contributed by atoms with van der Waals surface area (Å²) in [5, 5.41) is 25.1. The lowest BCUT2D eigenvalue weighted by Crippen LogP contribution is -2.29. The van der Waals surface area contributed by atoms with E-state index in [1.54, 1.807) is 24.3 Å². The smallest absolute Gasteiger partial charge is 0.423 e. The molecule has 5 nitrogen and oxygen atoms in total. The van der Waals surface area contributed by atoms with Gasteiger partial charge in [-0.05, 0) is 17.6 Å². The first-order valence-electron chi connectivity index (χ1n) is 4.00. The molecule has 0 fully saturated rings. The molecule has 1 heterocycles. The molecule has 2 N–H and O–H groups in total. The van der Waals surface area contributed by atoms with Crippen molar-refractivity contribution in [3.63, 3.8) is 0 Å². The third-order valence-corrected chi connectivity index (χ3v) is 1.79. The van der Waals surface area contributed by atoms with Crippen molar-refractivity contribution in [1.29, 1.82) is 0 Å². The van der Waals surface area contributed by atoms with Gasteiger partial charge < -0.3 is 14.5 Å². The summed E-state index contributed by atoms with van der Waals surface area (Å²) in [5.41, 5.74) is 1.05. The molecule has 0 radical (unpaired) electrons. The number of nitrogens with zero attached hydrogens (tertiary/aromatic N) is 2. The lowest BCUT2D eigenvalue weighted by molar-refractivity contribution is 0.426. The highest BCUT2D eigenvalue weighted by Crippen LogP contribution is 2.13. The third kappa shape index (κ3) is 1.66. The van der Waals surface area contributed by atoms with Crippen molar-refractivity contribution in [3.05, 3.63) is 30.7 Å². The van der Waals surface area contributed by atoms with Gasteiger partial charge in [0.15, 0.2) is 0 Å². The summed E-state index contributed by atoms with van der Waals surface area (Å²) >= 11 is 0. The predicted molar refractivity (Wildman–Crippen MR) is 49.6 cm³/mol. The molecule has 0 atom stereocenters. The number of aromatic nitrogens is 2. The zero-order valence-electron chi connectivity index (χ0n) is 7.16. The Morgan fingerprint density at radius 3 is 2.79 bits per heavy atom. The maximum absolute atomic E-state index is 8.93. The highest BCUT2D eigenvalue weighted by atomic mass is 16.4. The van der Waals surface area contributed by atoms with Gasteiger partial charge in [0.2, 0.25) is 12.3 Å². The molecule has 0 spiro atoms. The summed E-state index contributed by atoms with van der Waals surface area (Å²) in [5.74, 6) is 0.354. The summed E-state index contributed by atoms with van der Waals surface area (Å²) in [6, 6.07) is 6.62. The van der Waals surface area contributed by atoms with Crippen LogP contribution < -0.4 is 5.46 Å². The third-order valence-electron chi connectivity index (χ3n) is 1.79. The summed E-state index contributed by atoms with van der Waals surface area (Å²) in [7, 11) is -1.49. The van der Waals surface area contributed by atoms with Crippen LogP contribution in [0.4, 0.5) is 0 Å². The Hall–Kier alpha value is -1.66. The van der Waals surface area contributed by atoms with Crippen molar-refractivity contribution in [2.75, 3.05) is 0 Å². The van der Waals surface area contributed by atoms with Crippen molar-refractivity contribution in [2.24, 2.45) is 0 Å². The van der Waals surface area contributed by atoms with Gasteiger partial charge in [0, 0.05) is 5.56 Å². The molecule has 0 amide bonds. The van der Waals surface area contributed by atoms with Gasteiger partial charge in [0.1, 0.15) is 0 Å². The fourth-order valence-corrected chi connectivity index (χ4v) is 1.13. The molecule has 0 saturated heterocycles. The Kier molecular flexibility index (Phi) is 2.30. The van der Waals surface area contributed by atoms with E-state index in [2.05, 4.69) is 10.2 Å². The second kappa shape index (κ2) is 3.61. The van der Waals surface area contributed by atoms with Crippen molar-refractivity contribution >= 4 is 12.6 Å². The minimum Gasteiger partial charge on any atom is -0.423 e. The van der Waals surface area contributed by atoms with E-state index in [1.165, 1.54) is 6.39 Å². The normalized spacial score (nSPS) is 10.1. The zero-order chi connectivity index (χ0) is 9.97. The van der Waals surface area contributed by atoms with E-state index in [0.717, 1.165) is 0 Å². The van der Waals surface area contributed by atoms with Crippen LogP contribution >= 0.6 is 0 Å². The summed E-state index contributed by atoms with van der Waals surface area (Å²) < 4.78 is 4.97. The molecule has 0 bridgehead atoms. The predicted octanol–water partition coefficient (Wildman–Crippen LogP) is -0.584. The first-order valence-corrected chi connectivity index (χ1v) is 4.00. The highest BCUT2D eigenvalue weighted by Gasteiger charge is 2.12. The van der Waals surface area contributed by atoms with Crippen LogP contribution in [0.2, 0.25) is 0 Å². The summed E-state index contributed by atoms with van der Waals surface area (Å²) in [4.78, 5) is 0. The number of benzene rings is 1. The Balaban J connectivity index is 2.41. The van der Waals surface area contributed by atoms with Crippen LogP contribution in [-0.4, -0.2) is 27.4 Å². The van der Waals surface area contributed by atoms with Crippen molar-refractivity contribution in [2.45, 2.75) is 0 Å². The lowest BCUT2D eigenvalue weighted by Gasteiger charge is -2.00. The Bertz CT molecular complexity index is 416. The monoisotopic (exact) mass is 190 g/mol. The summed E-state index contributed by atoms with van der Waals surface area (Å²) in [6.45, 7) is 0. The topological polar surface area (TPSA) is 79.4 Å². The maximum Gasteiger partial charge on any atom is 0.488 e. The molecule has 70 valence electrons. The number of hydrogen-bond donors (Lipinski definition) is 2. The molecule has 14 heavy (non-hydrogen) atoms. The van der Waals surface area contributed by atoms with Gasteiger partial charge in [-0.1, -0.05) is 12.1 Å². The van der Waals surface area contributed by atoms with E-state index in [4.69, 9.17) is 14.5 Å². The SMILES string of the molecule is OB(O)c1cccc(-c2nnco2)c1. The first-order chi connectivity index (χ1) is 6.77. The quantitative estimate of drug-likeness (QED) is 0.619. The van der Waals surface area contributed by atoms with Crippen molar-refractivity contribution < 1.29 is 14.5 Å². The van der Waals surface area contributed by atoms with Crippen LogP contribution in [0.5, 0.6) is 0 Å². The Morgan fingerprint density at radius 2 is 2.14 bits per heavy atom.